The van der Waals surface area contributed by atoms with Crippen molar-refractivity contribution in [2.75, 3.05) is 32.2 Å². The predicted molar refractivity (Wildman–Crippen MR) is 111 cm³/mol. The number of ether oxygens (including phenoxy) is 3. The van der Waals surface area contributed by atoms with Crippen molar-refractivity contribution in [2.45, 2.75) is 13.5 Å². The number of anilines is 1. The minimum atomic E-state index is -0.399. The molecule has 0 atom stereocenters. The first kappa shape index (κ1) is 22.0. The smallest absolute Gasteiger partial charge is 0.338 e. The molecule has 29 heavy (non-hydrogen) atoms. The Bertz CT molecular complexity index is 834. The van der Waals surface area contributed by atoms with Crippen LogP contribution in [-0.4, -0.2) is 38.7 Å². The van der Waals surface area contributed by atoms with Crippen molar-refractivity contribution in [3.05, 3.63) is 66.2 Å². The zero-order chi connectivity index (χ0) is 21.1. The van der Waals surface area contributed by atoms with Gasteiger partial charge in [0.05, 0.1) is 19.3 Å². The molecule has 0 aliphatic rings. The molecule has 154 valence electrons. The van der Waals surface area contributed by atoms with Crippen molar-refractivity contribution in [3.63, 3.8) is 0 Å². The fraction of sp³-hybridized carbons (Fsp3) is 0.273. The fourth-order valence-corrected chi connectivity index (χ4v) is 2.50. The van der Waals surface area contributed by atoms with Crippen LogP contribution in [0.3, 0.4) is 0 Å². The Morgan fingerprint density at radius 2 is 1.86 bits per heavy atom. The molecule has 0 saturated heterocycles. The molecular formula is C22H26N2O5. The zero-order valence-electron chi connectivity index (χ0n) is 16.7. The van der Waals surface area contributed by atoms with Gasteiger partial charge in [0.25, 0.3) is 5.91 Å². The molecule has 0 saturated carbocycles. The largest absolute Gasteiger partial charge is 0.493 e. The molecule has 0 aliphatic carbocycles. The summed E-state index contributed by atoms with van der Waals surface area (Å²) in [5, 5.41) is 5.93. The van der Waals surface area contributed by atoms with Gasteiger partial charge in [0.2, 0.25) is 0 Å². The van der Waals surface area contributed by atoms with Crippen LogP contribution in [0.5, 0.6) is 11.5 Å². The number of rotatable bonds is 11. The van der Waals surface area contributed by atoms with Crippen LogP contribution < -0.4 is 20.1 Å². The van der Waals surface area contributed by atoms with E-state index in [9.17, 15) is 9.59 Å². The van der Waals surface area contributed by atoms with Crippen molar-refractivity contribution >= 4 is 17.6 Å². The summed E-state index contributed by atoms with van der Waals surface area (Å²) >= 11 is 0. The minimum Gasteiger partial charge on any atom is -0.493 e. The highest BCUT2D eigenvalue weighted by atomic mass is 16.5. The lowest BCUT2D eigenvalue weighted by Crippen LogP contribution is -2.20. The van der Waals surface area contributed by atoms with E-state index in [4.69, 9.17) is 14.2 Å². The second-order valence-corrected chi connectivity index (χ2v) is 6.04. The van der Waals surface area contributed by atoms with Gasteiger partial charge in [-0.15, -0.1) is 6.58 Å². The van der Waals surface area contributed by atoms with Crippen molar-refractivity contribution < 1.29 is 23.8 Å². The zero-order valence-corrected chi connectivity index (χ0v) is 16.7. The van der Waals surface area contributed by atoms with Gasteiger partial charge in [0, 0.05) is 18.8 Å². The van der Waals surface area contributed by atoms with Crippen LogP contribution in [0.1, 0.15) is 22.8 Å². The monoisotopic (exact) mass is 398 g/mol. The summed E-state index contributed by atoms with van der Waals surface area (Å²) in [6.45, 7) is 6.92. The Morgan fingerprint density at radius 3 is 2.52 bits per heavy atom. The fourth-order valence-electron chi connectivity index (χ4n) is 2.50. The molecular weight excluding hydrogens is 372 g/mol. The third kappa shape index (κ3) is 6.97. The number of hydrogen-bond acceptors (Lipinski definition) is 6. The van der Waals surface area contributed by atoms with Gasteiger partial charge < -0.3 is 24.8 Å². The number of nitrogens with one attached hydrogen (secondary N) is 2. The van der Waals surface area contributed by atoms with Gasteiger partial charge in [0.1, 0.15) is 0 Å². The Labute approximate surface area is 170 Å². The van der Waals surface area contributed by atoms with E-state index in [2.05, 4.69) is 17.2 Å². The van der Waals surface area contributed by atoms with Crippen molar-refractivity contribution in [1.29, 1.82) is 0 Å². The van der Waals surface area contributed by atoms with Crippen LogP contribution in [0.4, 0.5) is 5.69 Å². The first-order valence-corrected chi connectivity index (χ1v) is 9.25. The number of amides is 1. The van der Waals surface area contributed by atoms with E-state index in [-0.39, 0.29) is 12.5 Å². The number of carbonyl (C=O) groups is 2. The van der Waals surface area contributed by atoms with E-state index in [0.717, 1.165) is 5.56 Å². The maximum Gasteiger partial charge on any atom is 0.338 e. The topological polar surface area (TPSA) is 85.9 Å². The molecule has 2 N–H and O–H groups in total. The maximum absolute atomic E-state index is 12.2. The Hall–Kier alpha value is -3.32. The lowest BCUT2D eigenvalue weighted by molar-refractivity contribution is -0.118. The number of carbonyl (C=O) groups excluding carboxylic acids is 2. The first-order chi connectivity index (χ1) is 14.1. The normalized spacial score (nSPS) is 10.1. The summed E-state index contributed by atoms with van der Waals surface area (Å²) in [6, 6.07) is 12.0. The molecule has 0 aromatic heterocycles. The summed E-state index contributed by atoms with van der Waals surface area (Å²) < 4.78 is 15.9. The highest BCUT2D eigenvalue weighted by Gasteiger charge is 2.10. The van der Waals surface area contributed by atoms with Crippen LogP contribution in [-0.2, 0) is 16.1 Å². The van der Waals surface area contributed by atoms with Gasteiger partial charge >= 0.3 is 5.97 Å². The average Bonchev–Trinajstić information content (AvgIpc) is 2.73. The van der Waals surface area contributed by atoms with Gasteiger partial charge in [-0.1, -0.05) is 12.1 Å². The molecule has 2 aromatic carbocycles. The summed E-state index contributed by atoms with van der Waals surface area (Å²) in [5.74, 6) is 0.305. The Balaban J connectivity index is 1.89. The van der Waals surface area contributed by atoms with E-state index in [1.165, 1.54) is 0 Å². The summed E-state index contributed by atoms with van der Waals surface area (Å²) in [7, 11) is 1.55. The molecule has 1 amide bonds. The van der Waals surface area contributed by atoms with Crippen LogP contribution in [0.2, 0.25) is 0 Å². The van der Waals surface area contributed by atoms with Crippen LogP contribution in [0, 0.1) is 0 Å². The van der Waals surface area contributed by atoms with E-state index in [0.29, 0.717) is 42.4 Å². The van der Waals surface area contributed by atoms with Gasteiger partial charge in [0.15, 0.2) is 18.1 Å². The Kier molecular flexibility index (Phi) is 8.72. The minimum absolute atomic E-state index is 0.177. The van der Waals surface area contributed by atoms with Gasteiger partial charge in [-0.3, -0.25) is 4.79 Å². The molecule has 7 nitrogen and oxygen atoms in total. The molecule has 2 rings (SSSR count). The third-order valence-electron chi connectivity index (χ3n) is 3.88. The lowest BCUT2D eigenvalue weighted by atomic mass is 10.2. The second kappa shape index (κ2) is 11.5. The molecule has 0 fully saturated rings. The van der Waals surface area contributed by atoms with Gasteiger partial charge in [-0.2, -0.15) is 0 Å². The number of esters is 1. The van der Waals surface area contributed by atoms with Crippen LogP contribution in [0.15, 0.2) is 55.1 Å². The molecule has 0 unspecified atom stereocenters. The average molecular weight is 398 g/mol. The highest BCUT2D eigenvalue weighted by Crippen LogP contribution is 2.28. The quantitative estimate of drug-likeness (QED) is 0.344. The molecule has 0 radical (unpaired) electrons. The Morgan fingerprint density at radius 1 is 1.10 bits per heavy atom. The summed E-state index contributed by atoms with van der Waals surface area (Å²) in [6.07, 6.45) is 1.79. The molecule has 0 spiro atoms. The predicted octanol–water partition coefficient (Wildman–Crippen LogP) is 3.17. The van der Waals surface area contributed by atoms with E-state index in [1.807, 2.05) is 12.1 Å². The van der Waals surface area contributed by atoms with Crippen molar-refractivity contribution in [1.82, 2.24) is 5.32 Å². The standard InChI is InChI=1S/C22H26N2O5/c1-4-12-23-14-16-6-11-19(20(13-16)27-3)29-15-21(25)24-18-9-7-17(8-10-18)22(26)28-5-2/h4,6-11,13,23H,1,5,12,14-15H2,2-3H3,(H,24,25). The van der Waals surface area contributed by atoms with Crippen molar-refractivity contribution in [3.8, 4) is 11.5 Å². The molecule has 7 heteroatoms. The van der Waals surface area contributed by atoms with E-state index >= 15 is 0 Å². The van der Waals surface area contributed by atoms with Gasteiger partial charge in [-0.25, -0.2) is 4.79 Å². The maximum atomic E-state index is 12.2. The van der Waals surface area contributed by atoms with E-state index in [1.54, 1.807) is 50.4 Å². The molecule has 2 aromatic rings. The summed E-state index contributed by atoms with van der Waals surface area (Å²) in [5.41, 5.74) is 2.01. The molecule has 0 heterocycles. The first-order valence-electron chi connectivity index (χ1n) is 9.25. The summed E-state index contributed by atoms with van der Waals surface area (Å²) in [4.78, 5) is 23.8. The third-order valence-corrected chi connectivity index (χ3v) is 3.88. The van der Waals surface area contributed by atoms with Crippen LogP contribution in [0.25, 0.3) is 0 Å². The van der Waals surface area contributed by atoms with Crippen molar-refractivity contribution in [2.24, 2.45) is 0 Å². The van der Waals surface area contributed by atoms with Crippen LogP contribution >= 0.6 is 0 Å². The number of hydrogen-bond donors (Lipinski definition) is 2. The number of methoxy groups -OCH3 is 1. The molecule has 0 bridgehead atoms. The SMILES string of the molecule is C=CCNCc1ccc(OCC(=O)Nc2ccc(C(=O)OCC)cc2)c(OC)c1. The van der Waals surface area contributed by atoms with Gasteiger partial charge in [-0.05, 0) is 48.9 Å². The second-order valence-electron chi connectivity index (χ2n) is 6.04. The number of benzene rings is 2. The van der Waals surface area contributed by atoms with E-state index < -0.39 is 5.97 Å². The molecule has 0 aliphatic heterocycles. The lowest BCUT2D eigenvalue weighted by Gasteiger charge is -2.13. The highest BCUT2D eigenvalue weighted by molar-refractivity contribution is 5.93.